The number of aryl methyl sites for hydroxylation is 1. The summed E-state index contributed by atoms with van der Waals surface area (Å²) in [5.41, 5.74) is 0.599. The summed E-state index contributed by atoms with van der Waals surface area (Å²) in [5, 5.41) is 6.17. The normalized spacial score (nSPS) is 13.8. The Bertz CT molecular complexity index is 738. The molecule has 0 aliphatic rings. The Hall–Kier alpha value is -1.45. The lowest BCUT2D eigenvalue weighted by Gasteiger charge is -2.12. The average molecular weight is 320 g/mol. The van der Waals surface area contributed by atoms with Crippen LogP contribution in [-0.2, 0) is 24.7 Å². The molecule has 7 nitrogen and oxygen atoms in total. The van der Waals surface area contributed by atoms with Crippen LogP contribution in [0.3, 0.4) is 0 Å². The van der Waals surface area contributed by atoms with Crippen LogP contribution in [0.25, 0.3) is 0 Å². The van der Waals surface area contributed by atoms with Crippen LogP contribution in [0.2, 0.25) is 0 Å². The second kappa shape index (κ2) is 5.51. The molecule has 1 atom stereocenters. The van der Waals surface area contributed by atoms with Gasteiger partial charge in [-0.1, -0.05) is 6.07 Å². The largest absolute Gasteiger partial charge is 0.325 e. The molecule has 1 rings (SSSR count). The minimum absolute atomic E-state index is 0.123. The van der Waals surface area contributed by atoms with E-state index in [1.54, 1.807) is 6.92 Å². The van der Waals surface area contributed by atoms with Gasteiger partial charge in [0.05, 0.1) is 4.90 Å². The molecular weight excluding hydrogens is 304 g/mol. The minimum atomic E-state index is -3.91. The highest BCUT2D eigenvalue weighted by molar-refractivity contribution is 7.92. The smallest absolute Gasteiger partial charge is 0.242 e. The fraction of sp³-hybridized carbons (Fsp3) is 0.364. The SMILES string of the molecule is Cc1ccc(NC(=O)C(C)S(C)(=O)=O)cc1S(N)(=O)=O. The fourth-order valence-electron chi connectivity index (χ4n) is 1.42. The summed E-state index contributed by atoms with van der Waals surface area (Å²) in [4.78, 5) is 11.6. The van der Waals surface area contributed by atoms with Gasteiger partial charge in [0, 0.05) is 11.9 Å². The summed E-state index contributed by atoms with van der Waals surface area (Å²) in [6.07, 6.45) is 0.947. The van der Waals surface area contributed by atoms with Crippen molar-refractivity contribution >= 4 is 31.5 Å². The van der Waals surface area contributed by atoms with Gasteiger partial charge in [-0.2, -0.15) is 0 Å². The molecule has 0 radical (unpaired) electrons. The van der Waals surface area contributed by atoms with Crippen LogP contribution in [0, 0.1) is 6.92 Å². The Balaban J connectivity index is 3.10. The molecule has 0 heterocycles. The van der Waals surface area contributed by atoms with Gasteiger partial charge in [-0.05, 0) is 31.5 Å². The molecule has 0 saturated carbocycles. The minimum Gasteiger partial charge on any atom is -0.325 e. The number of nitrogens with one attached hydrogen (secondary N) is 1. The maximum Gasteiger partial charge on any atom is 0.242 e. The zero-order valence-electron chi connectivity index (χ0n) is 11.2. The van der Waals surface area contributed by atoms with Gasteiger partial charge in [0.25, 0.3) is 0 Å². The second-order valence-corrected chi connectivity index (χ2v) is 8.38. The summed E-state index contributed by atoms with van der Waals surface area (Å²) >= 11 is 0. The van der Waals surface area contributed by atoms with Crippen molar-refractivity contribution < 1.29 is 21.6 Å². The molecule has 1 aromatic rings. The van der Waals surface area contributed by atoms with Gasteiger partial charge in [0.2, 0.25) is 15.9 Å². The predicted molar refractivity (Wildman–Crippen MR) is 75.5 cm³/mol. The molecule has 20 heavy (non-hydrogen) atoms. The predicted octanol–water partition coefficient (Wildman–Crippen LogP) is 0.0140. The first kappa shape index (κ1) is 16.6. The highest BCUT2D eigenvalue weighted by Crippen LogP contribution is 2.19. The Morgan fingerprint density at radius 1 is 1.25 bits per heavy atom. The average Bonchev–Trinajstić information content (AvgIpc) is 2.27. The molecule has 1 unspecified atom stereocenters. The standard InChI is InChI=1S/C11H16N2O5S2/c1-7-4-5-9(6-10(7)20(12,17)18)13-11(14)8(2)19(3,15)16/h4-6,8H,1-3H3,(H,13,14)(H2,12,17,18). The number of sulfone groups is 1. The number of amides is 1. The first-order chi connectivity index (χ1) is 8.93. The van der Waals surface area contributed by atoms with E-state index in [0.29, 0.717) is 5.56 Å². The lowest BCUT2D eigenvalue weighted by Crippen LogP contribution is -2.31. The molecule has 3 N–H and O–H groups in total. The first-order valence-corrected chi connectivity index (χ1v) is 9.06. The van der Waals surface area contributed by atoms with Gasteiger partial charge >= 0.3 is 0 Å². The van der Waals surface area contributed by atoms with Crippen LogP contribution in [0.1, 0.15) is 12.5 Å². The third-order valence-corrected chi connectivity index (χ3v) is 5.33. The Labute approximate surface area is 118 Å². The van der Waals surface area contributed by atoms with Gasteiger partial charge in [0.1, 0.15) is 5.25 Å². The topological polar surface area (TPSA) is 123 Å². The highest BCUT2D eigenvalue weighted by atomic mass is 32.2. The van der Waals surface area contributed by atoms with Crippen molar-refractivity contribution in [3.05, 3.63) is 23.8 Å². The molecule has 9 heteroatoms. The number of benzene rings is 1. The van der Waals surface area contributed by atoms with Crippen LogP contribution in [-0.4, -0.2) is 34.2 Å². The molecule has 0 aromatic heterocycles. The van der Waals surface area contributed by atoms with Gasteiger partial charge in [-0.25, -0.2) is 22.0 Å². The molecular formula is C11H16N2O5S2. The van der Waals surface area contributed by atoms with Crippen molar-refractivity contribution in [2.45, 2.75) is 24.0 Å². The lowest BCUT2D eigenvalue weighted by atomic mass is 10.2. The molecule has 0 saturated heterocycles. The number of anilines is 1. The van der Waals surface area contributed by atoms with Crippen LogP contribution >= 0.6 is 0 Å². The van der Waals surface area contributed by atoms with Crippen LogP contribution < -0.4 is 10.5 Å². The zero-order valence-corrected chi connectivity index (χ0v) is 12.9. The first-order valence-electron chi connectivity index (χ1n) is 5.56. The van der Waals surface area contributed by atoms with E-state index in [1.165, 1.54) is 25.1 Å². The van der Waals surface area contributed by atoms with Crippen molar-refractivity contribution in [3.8, 4) is 0 Å². The number of nitrogens with two attached hydrogens (primary N) is 1. The maximum absolute atomic E-state index is 11.7. The highest BCUT2D eigenvalue weighted by Gasteiger charge is 2.24. The van der Waals surface area contributed by atoms with E-state index < -0.39 is 31.0 Å². The monoisotopic (exact) mass is 320 g/mol. The number of carbonyl (C=O) groups excluding carboxylic acids is 1. The van der Waals surface area contributed by atoms with Crippen molar-refractivity contribution in [1.82, 2.24) is 0 Å². The van der Waals surface area contributed by atoms with Crippen molar-refractivity contribution in [1.29, 1.82) is 0 Å². The van der Waals surface area contributed by atoms with Gasteiger partial charge in [-0.3, -0.25) is 4.79 Å². The lowest BCUT2D eigenvalue weighted by molar-refractivity contribution is -0.115. The zero-order chi connectivity index (χ0) is 15.7. The number of hydrogen-bond acceptors (Lipinski definition) is 5. The van der Waals surface area contributed by atoms with E-state index in [2.05, 4.69) is 5.32 Å². The van der Waals surface area contributed by atoms with E-state index in [0.717, 1.165) is 6.26 Å². The van der Waals surface area contributed by atoms with Crippen LogP contribution in [0.5, 0.6) is 0 Å². The van der Waals surface area contributed by atoms with Crippen LogP contribution in [0.4, 0.5) is 5.69 Å². The van der Waals surface area contributed by atoms with E-state index in [4.69, 9.17) is 5.14 Å². The van der Waals surface area contributed by atoms with Crippen molar-refractivity contribution in [2.75, 3.05) is 11.6 Å². The number of primary sulfonamides is 1. The molecule has 112 valence electrons. The Morgan fingerprint density at radius 2 is 1.80 bits per heavy atom. The summed E-state index contributed by atoms with van der Waals surface area (Å²) in [6.45, 7) is 2.81. The molecule has 1 aromatic carbocycles. The molecule has 0 spiro atoms. The number of carbonyl (C=O) groups is 1. The fourth-order valence-corrected chi connectivity index (χ4v) is 2.68. The van der Waals surface area contributed by atoms with E-state index in [-0.39, 0.29) is 10.6 Å². The van der Waals surface area contributed by atoms with Gasteiger partial charge in [0.15, 0.2) is 9.84 Å². The summed E-state index contributed by atoms with van der Waals surface area (Å²) < 4.78 is 45.2. The van der Waals surface area contributed by atoms with Crippen molar-refractivity contribution in [2.24, 2.45) is 5.14 Å². The number of sulfonamides is 1. The van der Waals surface area contributed by atoms with E-state index in [1.807, 2.05) is 0 Å². The molecule has 0 bridgehead atoms. The van der Waals surface area contributed by atoms with E-state index >= 15 is 0 Å². The quantitative estimate of drug-likeness (QED) is 0.809. The summed E-state index contributed by atoms with van der Waals surface area (Å²) in [6, 6.07) is 4.13. The Kier molecular flexibility index (Phi) is 4.57. The molecule has 0 aliphatic carbocycles. The van der Waals surface area contributed by atoms with Crippen molar-refractivity contribution in [3.63, 3.8) is 0 Å². The maximum atomic E-state index is 11.7. The van der Waals surface area contributed by atoms with E-state index in [9.17, 15) is 21.6 Å². The third kappa shape index (κ3) is 4.02. The molecule has 0 aliphatic heterocycles. The van der Waals surface area contributed by atoms with Crippen LogP contribution in [0.15, 0.2) is 23.1 Å². The number of hydrogen-bond donors (Lipinski definition) is 2. The number of rotatable bonds is 4. The second-order valence-electron chi connectivity index (χ2n) is 4.49. The van der Waals surface area contributed by atoms with Gasteiger partial charge in [-0.15, -0.1) is 0 Å². The summed E-state index contributed by atoms with van der Waals surface area (Å²) in [7, 11) is -7.43. The molecule has 0 fully saturated rings. The van der Waals surface area contributed by atoms with Gasteiger partial charge < -0.3 is 5.32 Å². The summed E-state index contributed by atoms with van der Waals surface area (Å²) in [5.74, 6) is -0.739. The Morgan fingerprint density at radius 3 is 2.25 bits per heavy atom. The molecule has 1 amide bonds. The third-order valence-electron chi connectivity index (χ3n) is 2.77.